The van der Waals surface area contributed by atoms with Gasteiger partial charge in [0, 0.05) is 4.88 Å². The van der Waals surface area contributed by atoms with Crippen LogP contribution in [0, 0.1) is 13.8 Å². The average Bonchev–Trinajstić information content (AvgIpc) is 2.88. The highest BCUT2D eigenvalue weighted by Gasteiger charge is 2.20. The third-order valence-electron chi connectivity index (χ3n) is 2.57. The number of amides is 1. The molecule has 0 radical (unpaired) electrons. The first-order valence-corrected chi connectivity index (χ1v) is 5.95. The largest absolute Gasteiger partial charge is 0.478 e. The fourth-order valence-electron chi connectivity index (χ4n) is 1.52. The fraction of sp³-hybridized carbons (Fsp3) is 0.182. The lowest BCUT2D eigenvalue weighted by atomic mass is 10.1. The third kappa shape index (κ3) is 2.12. The lowest BCUT2D eigenvalue weighted by Crippen LogP contribution is -2.13. The second kappa shape index (κ2) is 4.61. The average molecular weight is 265 g/mol. The summed E-state index contributed by atoms with van der Waals surface area (Å²) in [6.07, 6.45) is 2.76. The van der Waals surface area contributed by atoms with Gasteiger partial charge in [0.25, 0.3) is 5.91 Å². The Morgan fingerprint density at radius 3 is 2.72 bits per heavy atom. The Balaban J connectivity index is 2.32. The highest BCUT2D eigenvalue weighted by atomic mass is 32.1. The van der Waals surface area contributed by atoms with Gasteiger partial charge in [-0.25, -0.2) is 9.78 Å². The molecule has 18 heavy (non-hydrogen) atoms. The van der Waals surface area contributed by atoms with Gasteiger partial charge in [-0.1, -0.05) is 0 Å². The van der Waals surface area contributed by atoms with Crippen LogP contribution in [-0.2, 0) is 0 Å². The number of carbonyl (C=O) groups is 2. The van der Waals surface area contributed by atoms with E-state index in [0.29, 0.717) is 10.6 Å². The van der Waals surface area contributed by atoms with E-state index in [9.17, 15) is 9.59 Å². The first-order chi connectivity index (χ1) is 8.50. The van der Waals surface area contributed by atoms with Gasteiger partial charge in [-0.3, -0.25) is 4.79 Å². The zero-order valence-corrected chi connectivity index (χ0v) is 10.6. The molecule has 0 unspecified atom stereocenters. The molecule has 0 aliphatic rings. The number of nitrogens with one attached hydrogen (secondary N) is 2. The van der Waals surface area contributed by atoms with Crippen molar-refractivity contribution in [3.8, 4) is 0 Å². The zero-order chi connectivity index (χ0) is 13.3. The van der Waals surface area contributed by atoms with Crippen molar-refractivity contribution >= 4 is 28.2 Å². The van der Waals surface area contributed by atoms with Crippen molar-refractivity contribution in [3.63, 3.8) is 0 Å². The van der Waals surface area contributed by atoms with Gasteiger partial charge in [0.05, 0.1) is 18.1 Å². The van der Waals surface area contributed by atoms with Gasteiger partial charge >= 0.3 is 5.97 Å². The van der Waals surface area contributed by atoms with Crippen molar-refractivity contribution < 1.29 is 14.7 Å². The van der Waals surface area contributed by atoms with Crippen molar-refractivity contribution in [1.82, 2.24) is 9.97 Å². The summed E-state index contributed by atoms with van der Waals surface area (Å²) in [6.45, 7) is 3.54. The normalized spacial score (nSPS) is 10.3. The van der Waals surface area contributed by atoms with Crippen LogP contribution >= 0.6 is 11.3 Å². The SMILES string of the molecule is Cc1sc(NC(=O)c2cnc[nH]2)c(C(=O)O)c1C. The Bertz CT molecular complexity index is 601. The predicted octanol–water partition coefficient (Wildman–Crippen LogP) is 2.04. The van der Waals surface area contributed by atoms with E-state index in [1.54, 1.807) is 6.92 Å². The molecule has 3 N–H and O–H groups in total. The van der Waals surface area contributed by atoms with Gasteiger partial charge in [0.2, 0.25) is 0 Å². The molecular weight excluding hydrogens is 254 g/mol. The number of aromatic amines is 1. The van der Waals surface area contributed by atoms with E-state index in [2.05, 4.69) is 15.3 Å². The lowest BCUT2D eigenvalue weighted by molar-refractivity contribution is 0.0697. The van der Waals surface area contributed by atoms with Crippen LogP contribution in [0.15, 0.2) is 12.5 Å². The minimum Gasteiger partial charge on any atom is -0.478 e. The van der Waals surface area contributed by atoms with Crippen LogP contribution in [0.25, 0.3) is 0 Å². The van der Waals surface area contributed by atoms with Crippen molar-refractivity contribution in [2.45, 2.75) is 13.8 Å². The number of rotatable bonds is 3. The second-order valence-electron chi connectivity index (χ2n) is 3.71. The van der Waals surface area contributed by atoms with Crippen molar-refractivity contribution in [2.24, 2.45) is 0 Å². The second-order valence-corrected chi connectivity index (χ2v) is 4.94. The Hall–Kier alpha value is -2.15. The fourth-order valence-corrected chi connectivity index (χ4v) is 2.57. The molecule has 94 valence electrons. The predicted molar refractivity (Wildman–Crippen MR) is 67.3 cm³/mol. The number of aromatic nitrogens is 2. The Morgan fingerprint density at radius 2 is 2.17 bits per heavy atom. The molecule has 1 amide bonds. The topological polar surface area (TPSA) is 95.1 Å². The van der Waals surface area contributed by atoms with Crippen LogP contribution in [-0.4, -0.2) is 27.0 Å². The minimum absolute atomic E-state index is 0.144. The first kappa shape index (κ1) is 12.3. The number of anilines is 1. The summed E-state index contributed by atoms with van der Waals surface area (Å²) in [4.78, 5) is 30.2. The molecular formula is C11H11N3O3S. The summed E-state index contributed by atoms with van der Waals surface area (Å²) in [5, 5.41) is 12.1. The minimum atomic E-state index is -1.04. The number of carboxylic acids is 1. The van der Waals surface area contributed by atoms with E-state index >= 15 is 0 Å². The van der Waals surface area contributed by atoms with E-state index in [0.717, 1.165) is 4.88 Å². The molecule has 0 atom stereocenters. The molecule has 0 aromatic carbocycles. The number of H-pyrrole nitrogens is 1. The number of thiophene rings is 1. The summed E-state index contributed by atoms with van der Waals surface area (Å²) in [7, 11) is 0. The summed E-state index contributed by atoms with van der Waals surface area (Å²) in [5.41, 5.74) is 1.10. The lowest BCUT2D eigenvalue weighted by Gasteiger charge is -2.02. The van der Waals surface area contributed by atoms with E-state index in [1.807, 2.05) is 6.92 Å². The molecule has 0 aliphatic carbocycles. The van der Waals surface area contributed by atoms with E-state index < -0.39 is 11.9 Å². The maximum absolute atomic E-state index is 11.8. The van der Waals surface area contributed by atoms with E-state index in [-0.39, 0.29) is 11.3 Å². The van der Waals surface area contributed by atoms with Gasteiger partial charge in [0.1, 0.15) is 10.7 Å². The van der Waals surface area contributed by atoms with Crippen LogP contribution in [0.1, 0.15) is 31.3 Å². The molecule has 0 saturated carbocycles. The number of nitrogens with zero attached hydrogens (tertiary/aromatic N) is 1. The third-order valence-corrected chi connectivity index (χ3v) is 3.69. The van der Waals surface area contributed by atoms with Gasteiger partial charge in [-0.2, -0.15) is 0 Å². The molecule has 2 aromatic rings. The number of imidazole rings is 1. The van der Waals surface area contributed by atoms with Crippen LogP contribution in [0.5, 0.6) is 0 Å². The van der Waals surface area contributed by atoms with Crippen LogP contribution < -0.4 is 5.32 Å². The standard InChI is InChI=1S/C11H11N3O3S/c1-5-6(2)18-10(8(5)11(16)17)14-9(15)7-3-12-4-13-7/h3-4H,1-2H3,(H,12,13)(H,14,15)(H,16,17). The maximum atomic E-state index is 11.8. The van der Waals surface area contributed by atoms with Crippen molar-refractivity contribution in [3.05, 3.63) is 34.2 Å². The highest BCUT2D eigenvalue weighted by molar-refractivity contribution is 7.16. The monoisotopic (exact) mass is 265 g/mol. The summed E-state index contributed by atoms with van der Waals surface area (Å²) < 4.78 is 0. The van der Waals surface area contributed by atoms with Gasteiger partial charge < -0.3 is 15.4 Å². The van der Waals surface area contributed by atoms with Gasteiger partial charge in [0.15, 0.2) is 0 Å². The van der Waals surface area contributed by atoms with Gasteiger partial charge in [-0.15, -0.1) is 11.3 Å². The Labute approximate surface area is 107 Å². The van der Waals surface area contributed by atoms with Crippen molar-refractivity contribution in [1.29, 1.82) is 0 Å². The molecule has 2 rings (SSSR count). The van der Waals surface area contributed by atoms with E-state index in [4.69, 9.17) is 5.11 Å². The molecule has 0 bridgehead atoms. The number of carbonyl (C=O) groups excluding carboxylic acids is 1. The molecule has 0 aliphatic heterocycles. The van der Waals surface area contributed by atoms with Crippen LogP contribution in [0.2, 0.25) is 0 Å². The van der Waals surface area contributed by atoms with Crippen molar-refractivity contribution in [2.75, 3.05) is 5.32 Å². The van der Waals surface area contributed by atoms with E-state index in [1.165, 1.54) is 23.9 Å². The Morgan fingerprint density at radius 1 is 1.44 bits per heavy atom. The number of carboxylic acid groups (broad SMARTS) is 1. The summed E-state index contributed by atoms with van der Waals surface area (Å²) >= 11 is 1.25. The number of hydrogen-bond donors (Lipinski definition) is 3. The van der Waals surface area contributed by atoms with Crippen LogP contribution in [0.4, 0.5) is 5.00 Å². The summed E-state index contributed by atoms with van der Waals surface area (Å²) in [5.74, 6) is -1.45. The molecule has 0 saturated heterocycles. The molecule has 6 nitrogen and oxygen atoms in total. The molecule has 7 heteroatoms. The van der Waals surface area contributed by atoms with Gasteiger partial charge in [-0.05, 0) is 19.4 Å². The number of aryl methyl sites for hydroxylation is 1. The Kier molecular flexibility index (Phi) is 3.15. The number of aromatic carboxylic acids is 1. The highest BCUT2D eigenvalue weighted by Crippen LogP contribution is 2.32. The number of hydrogen-bond acceptors (Lipinski definition) is 4. The molecule has 2 aromatic heterocycles. The first-order valence-electron chi connectivity index (χ1n) is 5.13. The molecule has 2 heterocycles. The molecule has 0 spiro atoms. The quantitative estimate of drug-likeness (QED) is 0.791. The summed E-state index contributed by atoms with van der Waals surface area (Å²) in [6, 6.07) is 0. The maximum Gasteiger partial charge on any atom is 0.338 e. The smallest absolute Gasteiger partial charge is 0.338 e. The zero-order valence-electron chi connectivity index (χ0n) is 9.77. The van der Waals surface area contributed by atoms with Crippen LogP contribution in [0.3, 0.4) is 0 Å². The molecule has 0 fully saturated rings.